The molecule has 57 valence electrons. The Kier molecular flexibility index (Phi) is 2.44. The normalized spacial score (nSPS) is 9.55. The van der Waals surface area contributed by atoms with Crippen molar-refractivity contribution in [2.45, 2.75) is 6.54 Å². The summed E-state index contributed by atoms with van der Waals surface area (Å²) in [7, 11) is 0. The van der Waals surface area contributed by atoms with E-state index in [2.05, 4.69) is 6.07 Å². The van der Waals surface area contributed by atoms with Crippen molar-refractivity contribution in [1.29, 1.82) is 0 Å². The first-order valence-corrected chi connectivity index (χ1v) is 3.34. The maximum Gasteiger partial charge on any atom is 0.230 e. The summed E-state index contributed by atoms with van der Waals surface area (Å²) in [6.07, 6.45) is 0. The second-order valence-electron chi connectivity index (χ2n) is 2.01. The van der Waals surface area contributed by atoms with Crippen LogP contribution < -0.4 is 0 Å². The van der Waals surface area contributed by atoms with E-state index in [1.807, 2.05) is 0 Å². The van der Waals surface area contributed by atoms with E-state index >= 15 is 0 Å². The summed E-state index contributed by atoms with van der Waals surface area (Å²) in [6.45, 7) is -0.240. The van der Waals surface area contributed by atoms with Gasteiger partial charge < -0.3 is 0 Å². The molecule has 1 radical (unpaired) electrons. The highest BCUT2D eigenvalue weighted by Gasteiger charge is 2.04. The van der Waals surface area contributed by atoms with Gasteiger partial charge in [-0.15, -0.1) is 0 Å². The lowest BCUT2D eigenvalue weighted by Crippen LogP contribution is -1.98. The highest BCUT2D eigenvalue weighted by molar-refractivity contribution is 6.31. The van der Waals surface area contributed by atoms with E-state index in [0.29, 0.717) is 10.6 Å². The highest BCUT2D eigenvalue weighted by atomic mass is 35.5. The molecule has 0 heterocycles. The molecule has 0 saturated heterocycles. The maximum atomic E-state index is 10.1. The van der Waals surface area contributed by atoms with Gasteiger partial charge in [-0.2, -0.15) is 0 Å². The zero-order chi connectivity index (χ0) is 8.27. The SMILES string of the molecule is O=[N+]([O-])Cc1c[c]ccc1Cl. The minimum absolute atomic E-state index is 0.240. The predicted octanol–water partition coefficient (Wildman–Crippen LogP) is 1.92. The molecule has 11 heavy (non-hydrogen) atoms. The van der Waals surface area contributed by atoms with Crippen LogP contribution in [0.3, 0.4) is 0 Å². The molecule has 4 heteroatoms. The molecule has 0 aliphatic carbocycles. The largest absolute Gasteiger partial charge is 0.264 e. The Morgan fingerprint density at radius 3 is 3.00 bits per heavy atom. The second-order valence-corrected chi connectivity index (χ2v) is 2.42. The standard InChI is InChI=1S/C7H5ClNO2/c8-7-4-2-1-3-6(7)5-9(10)11/h2-4H,5H2. The second kappa shape index (κ2) is 3.34. The van der Waals surface area contributed by atoms with Crippen molar-refractivity contribution < 1.29 is 4.92 Å². The number of hydrogen-bond acceptors (Lipinski definition) is 2. The summed E-state index contributed by atoms with van der Waals surface area (Å²) >= 11 is 5.64. The van der Waals surface area contributed by atoms with Gasteiger partial charge in [-0.3, -0.25) is 10.1 Å². The molecule has 0 aliphatic heterocycles. The van der Waals surface area contributed by atoms with Crippen LogP contribution in [-0.2, 0) is 6.54 Å². The van der Waals surface area contributed by atoms with Crippen molar-refractivity contribution in [2.75, 3.05) is 0 Å². The van der Waals surface area contributed by atoms with E-state index in [9.17, 15) is 10.1 Å². The average Bonchev–Trinajstić information content (AvgIpc) is 1.93. The first-order valence-electron chi connectivity index (χ1n) is 2.96. The molecular formula is C7H5ClNO2. The van der Waals surface area contributed by atoms with Crippen molar-refractivity contribution in [3.63, 3.8) is 0 Å². The maximum absolute atomic E-state index is 10.1. The highest BCUT2D eigenvalue weighted by Crippen LogP contribution is 2.14. The number of hydrogen-bond donors (Lipinski definition) is 0. The lowest BCUT2D eigenvalue weighted by Gasteiger charge is -1.95. The molecule has 1 aromatic rings. The van der Waals surface area contributed by atoms with Gasteiger partial charge in [0.1, 0.15) is 0 Å². The fourth-order valence-corrected chi connectivity index (χ4v) is 0.884. The summed E-state index contributed by atoms with van der Waals surface area (Å²) in [5, 5.41) is 10.5. The van der Waals surface area contributed by atoms with Crippen LogP contribution in [0.1, 0.15) is 5.56 Å². The first kappa shape index (κ1) is 8.01. The fourth-order valence-electron chi connectivity index (χ4n) is 0.706. The molecule has 3 nitrogen and oxygen atoms in total. The van der Waals surface area contributed by atoms with Gasteiger partial charge in [0, 0.05) is 10.5 Å². The Labute approximate surface area is 68.8 Å². The number of rotatable bonds is 2. The molecule has 1 rings (SSSR count). The van der Waals surface area contributed by atoms with Crippen LogP contribution in [0.4, 0.5) is 0 Å². The smallest absolute Gasteiger partial charge is 0.230 e. The lowest BCUT2D eigenvalue weighted by atomic mass is 10.2. The molecule has 0 aliphatic rings. The van der Waals surface area contributed by atoms with Crippen LogP contribution in [0, 0.1) is 16.2 Å². The Morgan fingerprint density at radius 1 is 1.73 bits per heavy atom. The van der Waals surface area contributed by atoms with Crippen LogP contribution in [0.25, 0.3) is 0 Å². The molecule has 0 spiro atoms. The molecule has 0 N–H and O–H groups in total. The van der Waals surface area contributed by atoms with Gasteiger partial charge in [-0.05, 0) is 18.2 Å². The zero-order valence-electron chi connectivity index (χ0n) is 5.58. The van der Waals surface area contributed by atoms with Gasteiger partial charge in [0.05, 0.1) is 5.02 Å². The Bertz CT molecular complexity index is 275. The number of nitrogens with zero attached hydrogens (tertiary/aromatic N) is 1. The fraction of sp³-hybridized carbons (Fsp3) is 0.143. The van der Waals surface area contributed by atoms with E-state index in [4.69, 9.17) is 11.6 Å². The molecule has 0 amide bonds. The predicted molar refractivity (Wildman–Crippen MR) is 41.0 cm³/mol. The number of halogens is 1. The molecule has 1 aromatic carbocycles. The molecule has 0 unspecified atom stereocenters. The minimum Gasteiger partial charge on any atom is -0.264 e. The zero-order valence-corrected chi connectivity index (χ0v) is 6.34. The molecular weight excluding hydrogens is 166 g/mol. The molecule has 0 atom stereocenters. The van der Waals surface area contributed by atoms with E-state index in [1.54, 1.807) is 12.1 Å². The topological polar surface area (TPSA) is 43.1 Å². The van der Waals surface area contributed by atoms with Crippen molar-refractivity contribution in [3.8, 4) is 0 Å². The summed E-state index contributed by atoms with van der Waals surface area (Å²) in [6, 6.07) is 7.44. The third-order valence-corrected chi connectivity index (χ3v) is 1.56. The van der Waals surface area contributed by atoms with Crippen LogP contribution in [0.2, 0.25) is 5.02 Å². The molecule has 0 fully saturated rings. The third kappa shape index (κ3) is 2.20. The van der Waals surface area contributed by atoms with Crippen molar-refractivity contribution >= 4 is 11.6 Å². The van der Waals surface area contributed by atoms with E-state index < -0.39 is 4.92 Å². The number of nitro groups is 1. The van der Waals surface area contributed by atoms with Crippen LogP contribution in [0.5, 0.6) is 0 Å². The summed E-state index contributed by atoms with van der Waals surface area (Å²) in [5.74, 6) is 0. The van der Waals surface area contributed by atoms with Crippen molar-refractivity contribution in [3.05, 3.63) is 45.0 Å². The first-order chi connectivity index (χ1) is 5.20. The molecule has 0 bridgehead atoms. The van der Waals surface area contributed by atoms with Crippen LogP contribution >= 0.6 is 11.6 Å². The quantitative estimate of drug-likeness (QED) is 0.503. The van der Waals surface area contributed by atoms with Crippen LogP contribution in [0.15, 0.2) is 18.2 Å². The lowest BCUT2D eigenvalue weighted by molar-refractivity contribution is -0.496. The minimum atomic E-state index is -0.422. The van der Waals surface area contributed by atoms with Gasteiger partial charge in [0.25, 0.3) is 0 Å². The van der Waals surface area contributed by atoms with Crippen molar-refractivity contribution in [2.24, 2.45) is 0 Å². The van der Waals surface area contributed by atoms with Gasteiger partial charge in [-0.25, -0.2) is 0 Å². The van der Waals surface area contributed by atoms with Gasteiger partial charge in [-0.1, -0.05) is 17.7 Å². The Hall–Kier alpha value is -1.09. The van der Waals surface area contributed by atoms with E-state index in [-0.39, 0.29) is 6.54 Å². The summed E-state index contributed by atoms with van der Waals surface area (Å²) in [4.78, 5) is 9.63. The monoisotopic (exact) mass is 170 g/mol. The van der Waals surface area contributed by atoms with Crippen LogP contribution in [-0.4, -0.2) is 4.92 Å². The summed E-state index contributed by atoms with van der Waals surface area (Å²) in [5.41, 5.74) is 0.499. The van der Waals surface area contributed by atoms with Gasteiger partial charge in [0.2, 0.25) is 6.54 Å². The van der Waals surface area contributed by atoms with Crippen molar-refractivity contribution in [1.82, 2.24) is 0 Å². The molecule has 0 aromatic heterocycles. The van der Waals surface area contributed by atoms with E-state index in [1.165, 1.54) is 6.07 Å². The Morgan fingerprint density at radius 2 is 2.45 bits per heavy atom. The molecule has 0 saturated carbocycles. The van der Waals surface area contributed by atoms with E-state index in [0.717, 1.165) is 0 Å². The van der Waals surface area contributed by atoms with Gasteiger partial charge >= 0.3 is 0 Å². The average molecular weight is 171 g/mol. The van der Waals surface area contributed by atoms with Gasteiger partial charge in [0.15, 0.2) is 0 Å². The Balaban J connectivity index is 2.86. The third-order valence-electron chi connectivity index (χ3n) is 1.19. The summed E-state index contributed by atoms with van der Waals surface area (Å²) < 4.78 is 0. The number of benzene rings is 1.